The van der Waals surface area contributed by atoms with Gasteiger partial charge >= 0.3 is 0 Å². The van der Waals surface area contributed by atoms with Crippen molar-refractivity contribution in [2.75, 3.05) is 6.54 Å². The summed E-state index contributed by atoms with van der Waals surface area (Å²) >= 11 is 0. The minimum Gasteiger partial charge on any atom is -0.354 e. The van der Waals surface area contributed by atoms with E-state index in [1.807, 2.05) is 18.2 Å². The molecule has 0 saturated carbocycles. The average molecular weight is 193 g/mol. The number of carbonyl (C=O) groups is 1. The minimum absolute atomic E-state index is 0.124. The lowest BCUT2D eigenvalue weighted by Crippen LogP contribution is -2.39. The fourth-order valence-corrected chi connectivity index (χ4v) is 1.02. The van der Waals surface area contributed by atoms with Gasteiger partial charge in [0.2, 0.25) is 5.91 Å². The molecule has 1 rings (SSSR count). The Labute approximate surface area is 83.5 Å². The zero-order valence-electron chi connectivity index (χ0n) is 8.23. The van der Waals surface area contributed by atoms with Gasteiger partial charge in [-0.1, -0.05) is 6.07 Å². The van der Waals surface area contributed by atoms with Crippen molar-refractivity contribution >= 4 is 5.91 Å². The molecule has 4 nitrogen and oxygen atoms in total. The Morgan fingerprint density at radius 1 is 1.64 bits per heavy atom. The molecule has 1 amide bonds. The van der Waals surface area contributed by atoms with E-state index in [0.29, 0.717) is 6.54 Å². The lowest BCUT2D eigenvalue weighted by Gasteiger charge is -2.06. The topological polar surface area (TPSA) is 68.0 Å². The van der Waals surface area contributed by atoms with E-state index in [2.05, 4.69) is 10.3 Å². The van der Waals surface area contributed by atoms with Crippen LogP contribution in [0.4, 0.5) is 0 Å². The van der Waals surface area contributed by atoms with Crippen LogP contribution < -0.4 is 11.1 Å². The summed E-state index contributed by atoms with van der Waals surface area (Å²) in [6.07, 6.45) is 2.47. The Balaban J connectivity index is 2.26. The number of amides is 1. The summed E-state index contributed by atoms with van der Waals surface area (Å²) in [5, 5.41) is 2.73. The van der Waals surface area contributed by atoms with Gasteiger partial charge in [-0.15, -0.1) is 0 Å². The predicted octanol–water partition coefficient (Wildman–Crippen LogP) is 0.0875. The fourth-order valence-electron chi connectivity index (χ4n) is 1.02. The van der Waals surface area contributed by atoms with Crippen molar-refractivity contribution in [3.63, 3.8) is 0 Å². The molecule has 1 heterocycles. The number of hydrogen-bond acceptors (Lipinski definition) is 3. The maximum Gasteiger partial charge on any atom is 0.236 e. The van der Waals surface area contributed by atoms with Gasteiger partial charge in [0.25, 0.3) is 0 Å². The van der Waals surface area contributed by atoms with Crippen LogP contribution in [0.2, 0.25) is 0 Å². The van der Waals surface area contributed by atoms with E-state index in [1.165, 1.54) is 0 Å². The third-order valence-corrected chi connectivity index (χ3v) is 1.82. The molecule has 0 bridgehead atoms. The molecule has 0 spiro atoms. The summed E-state index contributed by atoms with van der Waals surface area (Å²) < 4.78 is 0. The molecular weight excluding hydrogens is 178 g/mol. The summed E-state index contributed by atoms with van der Waals surface area (Å²) in [6, 6.07) is 5.27. The highest BCUT2D eigenvalue weighted by Gasteiger charge is 2.05. The van der Waals surface area contributed by atoms with Gasteiger partial charge in [-0.25, -0.2) is 0 Å². The first kappa shape index (κ1) is 10.7. The van der Waals surface area contributed by atoms with Crippen LogP contribution in [0.1, 0.15) is 12.6 Å². The number of aromatic nitrogens is 1. The number of carbonyl (C=O) groups excluding carboxylic acids is 1. The van der Waals surface area contributed by atoms with Crippen LogP contribution in [0.5, 0.6) is 0 Å². The molecule has 0 radical (unpaired) electrons. The van der Waals surface area contributed by atoms with Crippen molar-refractivity contribution in [1.29, 1.82) is 0 Å². The molecule has 0 saturated heterocycles. The first-order valence-electron chi connectivity index (χ1n) is 4.63. The smallest absolute Gasteiger partial charge is 0.236 e. The summed E-state index contributed by atoms with van der Waals surface area (Å²) in [4.78, 5) is 15.2. The predicted molar refractivity (Wildman–Crippen MR) is 54.6 cm³/mol. The largest absolute Gasteiger partial charge is 0.354 e. The van der Waals surface area contributed by atoms with Crippen LogP contribution in [-0.2, 0) is 11.2 Å². The summed E-state index contributed by atoms with van der Waals surface area (Å²) in [6.45, 7) is 2.24. The maximum atomic E-state index is 11.1. The molecule has 76 valence electrons. The minimum atomic E-state index is -0.446. The van der Waals surface area contributed by atoms with Crippen LogP contribution >= 0.6 is 0 Å². The number of rotatable bonds is 4. The van der Waals surface area contributed by atoms with E-state index in [1.54, 1.807) is 13.1 Å². The van der Waals surface area contributed by atoms with Crippen LogP contribution in [0.3, 0.4) is 0 Å². The van der Waals surface area contributed by atoms with Crippen molar-refractivity contribution in [3.8, 4) is 0 Å². The Kier molecular flexibility index (Phi) is 4.07. The highest BCUT2D eigenvalue weighted by Crippen LogP contribution is 1.92. The van der Waals surface area contributed by atoms with Crippen LogP contribution in [0, 0.1) is 0 Å². The van der Waals surface area contributed by atoms with Crippen LogP contribution in [0.15, 0.2) is 24.4 Å². The average Bonchev–Trinajstić information content (AvgIpc) is 2.19. The first-order valence-corrected chi connectivity index (χ1v) is 4.63. The first-order chi connectivity index (χ1) is 6.70. The molecule has 4 heteroatoms. The Morgan fingerprint density at radius 3 is 3.00 bits per heavy atom. The molecule has 1 aromatic rings. The highest BCUT2D eigenvalue weighted by molar-refractivity contribution is 5.80. The molecule has 1 unspecified atom stereocenters. The number of nitrogens with zero attached hydrogens (tertiary/aromatic N) is 1. The standard InChI is InChI=1S/C10H15N3O/c1-8(11)10(14)13-7-5-9-4-2-3-6-12-9/h2-4,6,8H,5,7,11H2,1H3,(H,13,14). The SMILES string of the molecule is CC(N)C(=O)NCCc1ccccn1. The van der Waals surface area contributed by atoms with Crippen molar-refractivity contribution in [2.24, 2.45) is 5.73 Å². The lowest BCUT2D eigenvalue weighted by atomic mass is 10.2. The van der Waals surface area contributed by atoms with Crippen LogP contribution in [0.25, 0.3) is 0 Å². The number of nitrogens with two attached hydrogens (primary N) is 1. The molecule has 1 aromatic heterocycles. The molecule has 0 aromatic carbocycles. The molecule has 0 aliphatic heterocycles. The molecule has 0 aliphatic carbocycles. The van der Waals surface area contributed by atoms with E-state index in [-0.39, 0.29) is 5.91 Å². The molecule has 0 aliphatic rings. The van der Waals surface area contributed by atoms with Gasteiger partial charge in [0.15, 0.2) is 0 Å². The van der Waals surface area contributed by atoms with Crippen molar-refractivity contribution in [1.82, 2.24) is 10.3 Å². The zero-order valence-corrected chi connectivity index (χ0v) is 8.23. The van der Waals surface area contributed by atoms with Gasteiger partial charge < -0.3 is 11.1 Å². The molecule has 3 N–H and O–H groups in total. The normalized spacial score (nSPS) is 12.1. The third kappa shape index (κ3) is 3.53. The summed E-state index contributed by atoms with van der Waals surface area (Å²) in [5.41, 5.74) is 6.36. The second-order valence-corrected chi connectivity index (χ2v) is 3.15. The van der Waals surface area contributed by atoms with E-state index in [9.17, 15) is 4.79 Å². The number of hydrogen-bond donors (Lipinski definition) is 2. The van der Waals surface area contributed by atoms with Gasteiger partial charge in [-0.3, -0.25) is 9.78 Å². The van der Waals surface area contributed by atoms with Gasteiger partial charge in [0.1, 0.15) is 0 Å². The van der Waals surface area contributed by atoms with E-state index >= 15 is 0 Å². The van der Waals surface area contributed by atoms with E-state index in [4.69, 9.17) is 5.73 Å². The fraction of sp³-hybridized carbons (Fsp3) is 0.400. The quantitative estimate of drug-likeness (QED) is 0.712. The Morgan fingerprint density at radius 2 is 2.43 bits per heavy atom. The van der Waals surface area contributed by atoms with Crippen LogP contribution in [-0.4, -0.2) is 23.5 Å². The summed E-state index contributed by atoms with van der Waals surface area (Å²) in [5.74, 6) is -0.124. The molecule has 14 heavy (non-hydrogen) atoms. The molecular formula is C10H15N3O. The highest BCUT2D eigenvalue weighted by atomic mass is 16.2. The van der Waals surface area contributed by atoms with Crippen molar-refractivity contribution in [2.45, 2.75) is 19.4 Å². The van der Waals surface area contributed by atoms with Gasteiger partial charge in [0, 0.05) is 24.9 Å². The second kappa shape index (κ2) is 5.34. The Hall–Kier alpha value is -1.42. The summed E-state index contributed by atoms with van der Waals surface area (Å²) in [7, 11) is 0. The van der Waals surface area contributed by atoms with Gasteiger partial charge in [-0.05, 0) is 19.1 Å². The van der Waals surface area contributed by atoms with Crippen molar-refractivity contribution in [3.05, 3.63) is 30.1 Å². The molecule has 1 atom stereocenters. The van der Waals surface area contributed by atoms with Gasteiger partial charge in [-0.2, -0.15) is 0 Å². The Bertz CT molecular complexity index is 285. The van der Waals surface area contributed by atoms with E-state index < -0.39 is 6.04 Å². The zero-order chi connectivity index (χ0) is 10.4. The van der Waals surface area contributed by atoms with Gasteiger partial charge in [0.05, 0.1) is 6.04 Å². The number of nitrogens with one attached hydrogen (secondary N) is 1. The molecule has 0 fully saturated rings. The van der Waals surface area contributed by atoms with Crippen molar-refractivity contribution < 1.29 is 4.79 Å². The number of pyridine rings is 1. The monoisotopic (exact) mass is 193 g/mol. The second-order valence-electron chi connectivity index (χ2n) is 3.15. The maximum absolute atomic E-state index is 11.1. The lowest BCUT2D eigenvalue weighted by molar-refractivity contribution is -0.121. The third-order valence-electron chi connectivity index (χ3n) is 1.82. The van der Waals surface area contributed by atoms with E-state index in [0.717, 1.165) is 12.1 Å².